The summed E-state index contributed by atoms with van der Waals surface area (Å²) in [4.78, 5) is 22.9. The van der Waals surface area contributed by atoms with E-state index >= 15 is 0 Å². The number of carbonyl (C=O) groups excluding carboxylic acids is 1. The second-order valence-electron chi connectivity index (χ2n) is 6.18. The molecule has 1 amide bonds. The van der Waals surface area contributed by atoms with E-state index in [1.807, 2.05) is 0 Å². The van der Waals surface area contributed by atoms with Crippen molar-refractivity contribution in [2.45, 2.75) is 50.6 Å². The molecule has 1 aliphatic carbocycles. The number of nitrogens with one attached hydrogen (secondary N) is 2. The average molecular weight is 358 g/mol. The van der Waals surface area contributed by atoms with Crippen molar-refractivity contribution >= 4 is 21.9 Å². The van der Waals surface area contributed by atoms with Gasteiger partial charge in [0.25, 0.3) is 0 Å². The van der Waals surface area contributed by atoms with Crippen molar-refractivity contribution in [1.82, 2.24) is 19.8 Å². The Balaban J connectivity index is 1.99. The molecule has 1 aromatic rings. The van der Waals surface area contributed by atoms with Gasteiger partial charge < -0.3 is 10.4 Å². The summed E-state index contributed by atoms with van der Waals surface area (Å²) in [7, 11) is -2.24. The van der Waals surface area contributed by atoms with Gasteiger partial charge in [0.2, 0.25) is 15.9 Å². The average Bonchev–Trinajstić information content (AvgIpc) is 2.65. The third-order valence-electron chi connectivity index (χ3n) is 4.27. The second-order valence-corrected chi connectivity index (χ2v) is 7.83. The molecule has 1 heterocycles. The molecule has 24 heavy (non-hydrogen) atoms. The Labute approximate surface area is 140 Å². The maximum Gasteiger partial charge on any atom is 0.306 e. The molecule has 1 saturated carbocycles. The van der Waals surface area contributed by atoms with Gasteiger partial charge in [-0.15, -0.1) is 0 Å². The molecule has 2 rings (SSSR count). The molecule has 1 aromatic heterocycles. The summed E-state index contributed by atoms with van der Waals surface area (Å²) in [6.45, 7) is 4.67. The van der Waals surface area contributed by atoms with E-state index in [2.05, 4.69) is 15.1 Å². The SMILES string of the molecule is Cc1nn(C)c(C)c1S(=O)(=O)NC(C)C(=O)NC1CC(C(=O)O)C1. The number of hydrogen-bond acceptors (Lipinski definition) is 5. The summed E-state index contributed by atoms with van der Waals surface area (Å²) in [5.41, 5.74) is 0.842. The smallest absolute Gasteiger partial charge is 0.306 e. The lowest BCUT2D eigenvalue weighted by Crippen LogP contribution is -2.52. The van der Waals surface area contributed by atoms with E-state index in [0.717, 1.165) is 0 Å². The highest BCUT2D eigenvalue weighted by atomic mass is 32.2. The molecule has 0 aliphatic heterocycles. The van der Waals surface area contributed by atoms with Gasteiger partial charge in [0, 0.05) is 13.1 Å². The largest absolute Gasteiger partial charge is 0.481 e. The number of hydrogen-bond donors (Lipinski definition) is 3. The molecular formula is C14H22N4O5S. The van der Waals surface area contributed by atoms with Crippen molar-refractivity contribution in [3.63, 3.8) is 0 Å². The summed E-state index contributed by atoms with van der Waals surface area (Å²) >= 11 is 0. The van der Waals surface area contributed by atoms with Crippen LogP contribution in [0.5, 0.6) is 0 Å². The van der Waals surface area contributed by atoms with Crippen molar-refractivity contribution in [3.05, 3.63) is 11.4 Å². The van der Waals surface area contributed by atoms with Gasteiger partial charge >= 0.3 is 5.97 Å². The topological polar surface area (TPSA) is 130 Å². The third kappa shape index (κ3) is 3.59. The standard InChI is InChI=1S/C14H22N4O5S/c1-7-12(9(3)18(4)16-7)24(22,23)17-8(2)13(19)15-11-5-10(6-11)14(20)21/h8,10-11,17H,5-6H2,1-4H3,(H,15,19)(H,20,21). The van der Waals surface area contributed by atoms with E-state index in [1.165, 1.54) is 11.6 Å². The molecule has 1 fully saturated rings. The van der Waals surface area contributed by atoms with E-state index in [9.17, 15) is 18.0 Å². The van der Waals surface area contributed by atoms with Crippen LogP contribution in [0.15, 0.2) is 4.90 Å². The minimum atomic E-state index is -3.88. The highest BCUT2D eigenvalue weighted by Gasteiger charge is 2.36. The fourth-order valence-electron chi connectivity index (χ4n) is 2.75. The van der Waals surface area contributed by atoms with Crippen LogP contribution >= 0.6 is 0 Å². The molecule has 0 bridgehead atoms. The molecule has 10 heteroatoms. The van der Waals surface area contributed by atoms with Crippen molar-refractivity contribution in [1.29, 1.82) is 0 Å². The van der Waals surface area contributed by atoms with Crippen LogP contribution in [0.2, 0.25) is 0 Å². The number of carbonyl (C=O) groups is 2. The number of carboxylic acid groups (broad SMARTS) is 1. The number of sulfonamides is 1. The molecule has 0 aromatic carbocycles. The van der Waals surface area contributed by atoms with Gasteiger partial charge in [0.05, 0.1) is 23.3 Å². The fourth-order valence-corrected chi connectivity index (χ4v) is 4.39. The van der Waals surface area contributed by atoms with Gasteiger partial charge in [-0.05, 0) is 33.6 Å². The Morgan fingerprint density at radius 3 is 2.38 bits per heavy atom. The van der Waals surface area contributed by atoms with Gasteiger partial charge in [0.15, 0.2) is 0 Å². The first kappa shape index (κ1) is 18.4. The van der Waals surface area contributed by atoms with Gasteiger partial charge in [-0.25, -0.2) is 8.42 Å². The summed E-state index contributed by atoms with van der Waals surface area (Å²) in [6, 6.07) is -1.20. The van der Waals surface area contributed by atoms with Crippen molar-refractivity contribution in [3.8, 4) is 0 Å². The van der Waals surface area contributed by atoms with Crippen LogP contribution in [-0.2, 0) is 26.7 Å². The Kier molecular flexibility index (Phi) is 5.00. The molecule has 0 spiro atoms. The quantitative estimate of drug-likeness (QED) is 0.639. The maximum absolute atomic E-state index is 12.5. The van der Waals surface area contributed by atoms with Crippen molar-refractivity contribution in [2.24, 2.45) is 13.0 Å². The predicted octanol–water partition coefficient (Wildman–Crippen LogP) is -0.317. The number of aliphatic carboxylic acids is 1. The summed E-state index contributed by atoms with van der Waals surface area (Å²) in [5.74, 6) is -1.80. The molecule has 3 N–H and O–H groups in total. The van der Waals surface area contributed by atoms with E-state index < -0.39 is 33.9 Å². The van der Waals surface area contributed by atoms with Crippen LogP contribution in [0.1, 0.15) is 31.2 Å². The molecule has 0 radical (unpaired) electrons. The summed E-state index contributed by atoms with van der Waals surface area (Å²) < 4.78 is 28.8. The normalized spacial score (nSPS) is 21.8. The summed E-state index contributed by atoms with van der Waals surface area (Å²) in [5, 5.41) is 15.5. The number of amides is 1. The number of aromatic nitrogens is 2. The number of nitrogens with zero attached hydrogens (tertiary/aromatic N) is 2. The molecule has 1 unspecified atom stereocenters. The van der Waals surface area contributed by atoms with Gasteiger partial charge in [-0.1, -0.05) is 0 Å². The van der Waals surface area contributed by atoms with E-state index in [1.54, 1.807) is 20.9 Å². The fraction of sp³-hybridized carbons (Fsp3) is 0.643. The predicted molar refractivity (Wildman–Crippen MR) is 84.8 cm³/mol. The zero-order valence-corrected chi connectivity index (χ0v) is 14.8. The Hall–Kier alpha value is -1.94. The molecule has 1 aliphatic rings. The van der Waals surface area contributed by atoms with Crippen LogP contribution in [0.25, 0.3) is 0 Å². The highest BCUT2D eigenvalue weighted by molar-refractivity contribution is 7.89. The van der Waals surface area contributed by atoms with Crippen molar-refractivity contribution < 1.29 is 23.1 Å². The number of carboxylic acids is 1. The number of rotatable bonds is 6. The van der Waals surface area contributed by atoms with Gasteiger partial charge in [-0.2, -0.15) is 9.82 Å². The summed E-state index contributed by atoms with van der Waals surface area (Å²) in [6.07, 6.45) is 0.725. The number of aryl methyl sites for hydroxylation is 2. The Morgan fingerprint density at radius 1 is 1.33 bits per heavy atom. The van der Waals surface area contributed by atoms with Crippen LogP contribution in [-0.4, -0.2) is 47.3 Å². The van der Waals surface area contributed by atoms with E-state index in [-0.39, 0.29) is 10.9 Å². The molecule has 134 valence electrons. The first-order valence-corrected chi connectivity index (χ1v) is 9.07. The van der Waals surface area contributed by atoms with Crippen LogP contribution in [0.3, 0.4) is 0 Å². The Bertz CT molecular complexity index is 764. The molecular weight excluding hydrogens is 336 g/mol. The lowest BCUT2D eigenvalue weighted by molar-refractivity contribution is -0.146. The van der Waals surface area contributed by atoms with Crippen LogP contribution < -0.4 is 10.0 Å². The minimum absolute atomic E-state index is 0.0687. The van der Waals surface area contributed by atoms with E-state index in [4.69, 9.17) is 5.11 Å². The Morgan fingerprint density at radius 2 is 1.92 bits per heavy atom. The molecule has 0 saturated heterocycles. The lowest BCUT2D eigenvalue weighted by Gasteiger charge is -2.33. The molecule has 9 nitrogen and oxygen atoms in total. The first-order valence-electron chi connectivity index (χ1n) is 7.58. The van der Waals surface area contributed by atoms with Crippen molar-refractivity contribution in [2.75, 3.05) is 0 Å². The first-order chi connectivity index (χ1) is 11.0. The molecule has 1 atom stereocenters. The second kappa shape index (κ2) is 6.52. The minimum Gasteiger partial charge on any atom is -0.481 e. The zero-order chi connectivity index (χ0) is 18.2. The zero-order valence-electron chi connectivity index (χ0n) is 14.0. The highest BCUT2D eigenvalue weighted by Crippen LogP contribution is 2.27. The maximum atomic E-state index is 12.5. The van der Waals surface area contributed by atoms with Gasteiger partial charge in [0.1, 0.15) is 4.90 Å². The lowest BCUT2D eigenvalue weighted by atomic mass is 9.80. The monoisotopic (exact) mass is 358 g/mol. The van der Waals surface area contributed by atoms with E-state index in [0.29, 0.717) is 24.2 Å². The van der Waals surface area contributed by atoms with Crippen LogP contribution in [0, 0.1) is 19.8 Å². The third-order valence-corrected chi connectivity index (χ3v) is 6.06. The van der Waals surface area contributed by atoms with Crippen LogP contribution in [0.4, 0.5) is 0 Å². The van der Waals surface area contributed by atoms with Gasteiger partial charge in [-0.3, -0.25) is 14.3 Å².